The average Bonchev–Trinajstić information content (AvgIpc) is 2.82. The third-order valence-corrected chi connectivity index (χ3v) is 6.94. The number of carbonyl (C=O) groups is 1. The van der Waals surface area contributed by atoms with Crippen molar-refractivity contribution in [3.8, 4) is 11.5 Å². The van der Waals surface area contributed by atoms with Crippen molar-refractivity contribution in [2.45, 2.75) is 18.7 Å². The molecule has 9 heteroatoms. The molecule has 0 unspecified atom stereocenters. The number of sulfonamides is 1. The lowest BCUT2D eigenvalue weighted by Crippen LogP contribution is -2.41. The molecule has 0 aliphatic heterocycles. The summed E-state index contributed by atoms with van der Waals surface area (Å²) >= 11 is 5.92. The van der Waals surface area contributed by atoms with Crippen LogP contribution < -0.4 is 19.1 Å². The quantitative estimate of drug-likeness (QED) is 0.392. The third-order valence-electron chi connectivity index (χ3n) is 4.90. The minimum absolute atomic E-state index is 0.0291. The molecule has 3 aromatic carbocycles. The van der Waals surface area contributed by atoms with E-state index in [9.17, 15) is 13.2 Å². The van der Waals surface area contributed by atoms with Gasteiger partial charge in [-0.3, -0.25) is 9.10 Å². The molecule has 0 aliphatic rings. The van der Waals surface area contributed by atoms with Gasteiger partial charge in [-0.2, -0.15) is 0 Å². The van der Waals surface area contributed by atoms with Crippen molar-refractivity contribution in [1.29, 1.82) is 0 Å². The first-order chi connectivity index (χ1) is 16.3. The highest BCUT2D eigenvalue weighted by Gasteiger charge is 2.27. The molecular formula is C25H27ClN2O5S. The van der Waals surface area contributed by atoms with Gasteiger partial charge in [0.15, 0.2) is 0 Å². The summed E-state index contributed by atoms with van der Waals surface area (Å²) in [6, 6.07) is 19.9. The monoisotopic (exact) mass is 502 g/mol. The Bertz CT molecular complexity index is 1200. The Balaban J connectivity index is 1.73. The average molecular weight is 503 g/mol. The third kappa shape index (κ3) is 6.65. The van der Waals surface area contributed by atoms with Crippen molar-refractivity contribution in [1.82, 2.24) is 5.32 Å². The summed E-state index contributed by atoms with van der Waals surface area (Å²) in [6.45, 7) is 4.36. The second kappa shape index (κ2) is 11.8. The molecule has 0 fully saturated rings. The Morgan fingerprint density at radius 3 is 2.29 bits per heavy atom. The summed E-state index contributed by atoms with van der Waals surface area (Å²) < 4.78 is 39.0. The zero-order chi connectivity index (χ0) is 24.6. The number of anilines is 1. The van der Waals surface area contributed by atoms with E-state index >= 15 is 0 Å². The Hall–Kier alpha value is -3.23. The SMILES string of the molecule is CCOc1ccc(N(CC(=O)NCCOc2ccccc2C)S(=O)(=O)c2ccc(Cl)cc2)cc1. The van der Waals surface area contributed by atoms with Crippen molar-refractivity contribution < 1.29 is 22.7 Å². The molecule has 0 saturated heterocycles. The van der Waals surface area contributed by atoms with Crippen molar-refractivity contribution in [3.63, 3.8) is 0 Å². The lowest BCUT2D eigenvalue weighted by atomic mass is 10.2. The van der Waals surface area contributed by atoms with Gasteiger partial charge >= 0.3 is 0 Å². The van der Waals surface area contributed by atoms with E-state index in [1.165, 1.54) is 24.3 Å². The number of aryl methyl sites for hydroxylation is 1. The van der Waals surface area contributed by atoms with Gasteiger partial charge in [-0.25, -0.2) is 8.42 Å². The maximum Gasteiger partial charge on any atom is 0.264 e. The predicted octanol–water partition coefficient (Wildman–Crippen LogP) is 4.44. The number of ether oxygens (including phenoxy) is 2. The fraction of sp³-hybridized carbons (Fsp3) is 0.240. The molecule has 0 radical (unpaired) electrons. The van der Waals surface area contributed by atoms with Crippen LogP contribution in [0, 0.1) is 6.92 Å². The Morgan fingerprint density at radius 1 is 0.971 bits per heavy atom. The van der Waals surface area contributed by atoms with Crippen LogP contribution in [-0.4, -0.2) is 40.6 Å². The maximum atomic E-state index is 13.4. The van der Waals surface area contributed by atoms with Crippen LogP contribution in [0.4, 0.5) is 5.69 Å². The van der Waals surface area contributed by atoms with Crippen LogP contribution in [-0.2, 0) is 14.8 Å². The summed E-state index contributed by atoms with van der Waals surface area (Å²) in [4.78, 5) is 12.7. The van der Waals surface area contributed by atoms with Crippen LogP contribution >= 0.6 is 11.6 Å². The zero-order valence-corrected chi connectivity index (χ0v) is 20.6. The standard InChI is InChI=1S/C25H27ClN2O5S/c1-3-32-22-12-10-21(11-13-22)28(34(30,31)23-14-8-20(26)9-15-23)18-25(29)27-16-17-33-24-7-5-4-6-19(24)2/h4-15H,3,16-18H2,1-2H3,(H,27,29). The van der Waals surface area contributed by atoms with Gasteiger partial charge in [0.1, 0.15) is 24.7 Å². The van der Waals surface area contributed by atoms with Crippen LogP contribution in [0.1, 0.15) is 12.5 Å². The highest BCUT2D eigenvalue weighted by Crippen LogP contribution is 2.26. The van der Waals surface area contributed by atoms with Gasteiger partial charge in [-0.1, -0.05) is 29.8 Å². The number of halogens is 1. The minimum atomic E-state index is -4.03. The van der Waals surface area contributed by atoms with Gasteiger partial charge in [0, 0.05) is 5.02 Å². The highest BCUT2D eigenvalue weighted by atomic mass is 35.5. The molecule has 1 amide bonds. The molecule has 0 spiro atoms. The van der Waals surface area contributed by atoms with Crippen LogP contribution in [0.25, 0.3) is 0 Å². The van der Waals surface area contributed by atoms with Gasteiger partial charge in [0.25, 0.3) is 10.0 Å². The fourth-order valence-electron chi connectivity index (χ4n) is 3.18. The molecule has 1 N–H and O–H groups in total. The molecule has 7 nitrogen and oxygen atoms in total. The Morgan fingerprint density at radius 2 is 1.65 bits per heavy atom. The Labute approximate surface area is 205 Å². The molecule has 34 heavy (non-hydrogen) atoms. The van der Waals surface area contributed by atoms with Crippen molar-refractivity contribution in [2.24, 2.45) is 0 Å². The molecule has 0 bridgehead atoms. The predicted molar refractivity (Wildman–Crippen MR) is 133 cm³/mol. The summed E-state index contributed by atoms with van der Waals surface area (Å²) in [6.07, 6.45) is 0. The second-order valence-corrected chi connectivity index (χ2v) is 9.66. The number of benzene rings is 3. The molecule has 0 aromatic heterocycles. The van der Waals surface area contributed by atoms with Crippen LogP contribution in [0.2, 0.25) is 5.02 Å². The number of rotatable bonds is 11. The number of nitrogens with one attached hydrogen (secondary N) is 1. The van der Waals surface area contributed by atoms with E-state index in [4.69, 9.17) is 21.1 Å². The smallest absolute Gasteiger partial charge is 0.264 e. The first kappa shape index (κ1) is 25.4. The Kier molecular flexibility index (Phi) is 8.79. The largest absolute Gasteiger partial charge is 0.494 e. The molecule has 180 valence electrons. The molecule has 0 heterocycles. The topological polar surface area (TPSA) is 84.9 Å². The fourth-order valence-corrected chi connectivity index (χ4v) is 4.73. The number of hydrogen-bond acceptors (Lipinski definition) is 5. The van der Waals surface area contributed by atoms with Crippen LogP contribution in [0.15, 0.2) is 77.7 Å². The van der Waals surface area contributed by atoms with Crippen molar-refractivity contribution >= 4 is 33.2 Å². The van der Waals surface area contributed by atoms with E-state index in [1.807, 2.05) is 38.1 Å². The lowest BCUT2D eigenvalue weighted by molar-refractivity contribution is -0.119. The van der Waals surface area contributed by atoms with Gasteiger partial charge in [-0.15, -0.1) is 0 Å². The summed E-state index contributed by atoms with van der Waals surface area (Å²) in [5, 5.41) is 3.14. The summed E-state index contributed by atoms with van der Waals surface area (Å²) in [5.74, 6) is 0.880. The van der Waals surface area contributed by atoms with Crippen molar-refractivity contribution in [3.05, 3.63) is 83.4 Å². The van der Waals surface area contributed by atoms with E-state index in [1.54, 1.807) is 24.3 Å². The maximum absolute atomic E-state index is 13.4. The molecule has 3 aromatic rings. The number of amides is 1. The van der Waals surface area contributed by atoms with Gasteiger partial charge in [0.05, 0.1) is 23.7 Å². The van der Waals surface area contributed by atoms with E-state index < -0.39 is 22.5 Å². The summed E-state index contributed by atoms with van der Waals surface area (Å²) in [5.41, 5.74) is 1.33. The van der Waals surface area contributed by atoms with Crippen molar-refractivity contribution in [2.75, 3.05) is 30.6 Å². The first-order valence-electron chi connectivity index (χ1n) is 10.8. The molecule has 0 aliphatic carbocycles. The molecular weight excluding hydrogens is 476 g/mol. The molecule has 0 saturated carbocycles. The van der Waals surface area contributed by atoms with Crippen LogP contribution in [0.3, 0.4) is 0 Å². The van der Waals surface area contributed by atoms with E-state index in [2.05, 4.69) is 5.32 Å². The first-order valence-corrected chi connectivity index (χ1v) is 12.6. The summed E-state index contributed by atoms with van der Waals surface area (Å²) in [7, 11) is -4.03. The molecule has 3 rings (SSSR count). The second-order valence-electron chi connectivity index (χ2n) is 7.36. The number of carbonyl (C=O) groups excluding carboxylic acids is 1. The van der Waals surface area contributed by atoms with Gasteiger partial charge < -0.3 is 14.8 Å². The zero-order valence-electron chi connectivity index (χ0n) is 19.0. The normalized spacial score (nSPS) is 11.0. The number of hydrogen-bond donors (Lipinski definition) is 1. The number of nitrogens with zero attached hydrogens (tertiary/aromatic N) is 1. The van der Waals surface area contributed by atoms with Gasteiger partial charge in [0.2, 0.25) is 5.91 Å². The highest BCUT2D eigenvalue weighted by molar-refractivity contribution is 7.92. The number of para-hydroxylation sites is 1. The van der Waals surface area contributed by atoms with Crippen LogP contribution in [0.5, 0.6) is 11.5 Å². The lowest BCUT2D eigenvalue weighted by Gasteiger charge is -2.24. The van der Waals surface area contributed by atoms with Gasteiger partial charge in [-0.05, 0) is 74.0 Å². The van der Waals surface area contributed by atoms with E-state index in [0.29, 0.717) is 23.1 Å². The minimum Gasteiger partial charge on any atom is -0.494 e. The van der Waals surface area contributed by atoms with E-state index in [-0.39, 0.29) is 18.0 Å². The van der Waals surface area contributed by atoms with E-state index in [0.717, 1.165) is 15.6 Å². The molecule has 0 atom stereocenters.